The van der Waals surface area contributed by atoms with Crippen molar-refractivity contribution in [2.45, 2.75) is 18.5 Å². The Balaban J connectivity index is 1.41. The second kappa shape index (κ2) is 5.35. The predicted octanol–water partition coefficient (Wildman–Crippen LogP) is 1.10. The first kappa shape index (κ1) is 12.6. The Morgan fingerprint density at radius 1 is 1.05 bits per heavy atom. The van der Waals surface area contributed by atoms with E-state index in [1.807, 2.05) is 0 Å². The molecule has 0 spiro atoms. The Kier molecular flexibility index (Phi) is 3.38. The van der Waals surface area contributed by atoms with Crippen molar-refractivity contribution in [3.63, 3.8) is 0 Å². The van der Waals surface area contributed by atoms with Gasteiger partial charge < -0.3 is 10.1 Å². The van der Waals surface area contributed by atoms with Gasteiger partial charge in [0.2, 0.25) is 0 Å². The summed E-state index contributed by atoms with van der Waals surface area (Å²) in [5.74, 6) is 1.09. The normalized spacial score (nSPS) is 28.5. The minimum Gasteiger partial charge on any atom is -0.493 e. The summed E-state index contributed by atoms with van der Waals surface area (Å²) in [4.78, 5) is 5.28. The Hall–Kier alpha value is -1.10. The standard InChI is InChI=1S/C16H23N3O/c1-2-4-16-14(3-1)15(5-10-20-16)19-11-13(12-19)18-8-6-17-7-9-18/h1-4,13,15,17H,5-12H2. The van der Waals surface area contributed by atoms with E-state index < -0.39 is 0 Å². The molecule has 4 heteroatoms. The maximum atomic E-state index is 5.77. The molecule has 0 bridgehead atoms. The average Bonchev–Trinajstić information content (AvgIpc) is 2.47. The average molecular weight is 273 g/mol. The second-order valence-electron chi connectivity index (χ2n) is 6.08. The van der Waals surface area contributed by atoms with Gasteiger partial charge in [0.05, 0.1) is 6.61 Å². The number of ether oxygens (including phenoxy) is 1. The highest BCUT2D eigenvalue weighted by Gasteiger charge is 2.38. The topological polar surface area (TPSA) is 27.7 Å². The molecule has 0 saturated carbocycles. The van der Waals surface area contributed by atoms with Crippen LogP contribution in [0.3, 0.4) is 0 Å². The number of hydrogen-bond acceptors (Lipinski definition) is 4. The number of nitrogens with zero attached hydrogens (tertiary/aromatic N) is 2. The largest absolute Gasteiger partial charge is 0.493 e. The van der Waals surface area contributed by atoms with Gasteiger partial charge in [-0.1, -0.05) is 18.2 Å². The molecule has 4 nitrogen and oxygen atoms in total. The lowest BCUT2D eigenvalue weighted by Gasteiger charge is -2.50. The Bertz CT molecular complexity index is 467. The fourth-order valence-electron chi connectivity index (χ4n) is 3.72. The molecule has 1 aromatic carbocycles. The Labute approximate surface area is 120 Å². The highest BCUT2D eigenvalue weighted by atomic mass is 16.5. The van der Waals surface area contributed by atoms with Gasteiger partial charge in [0, 0.05) is 63.3 Å². The zero-order valence-electron chi connectivity index (χ0n) is 11.9. The fraction of sp³-hybridized carbons (Fsp3) is 0.625. The van der Waals surface area contributed by atoms with Crippen molar-refractivity contribution < 1.29 is 4.74 Å². The summed E-state index contributed by atoms with van der Waals surface area (Å²) < 4.78 is 5.77. The van der Waals surface area contributed by atoms with Crippen LogP contribution < -0.4 is 10.1 Å². The summed E-state index contributed by atoms with van der Waals surface area (Å²) in [6.45, 7) is 8.02. The molecular weight excluding hydrogens is 250 g/mol. The van der Waals surface area contributed by atoms with E-state index in [1.165, 1.54) is 31.7 Å². The molecule has 0 amide bonds. The second-order valence-corrected chi connectivity index (χ2v) is 6.08. The first-order chi connectivity index (χ1) is 9.92. The molecular formula is C16H23N3O. The number of para-hydroxylation sites is 1. The van der Waals surface area contributed by atoms with Crippen LogP contribution in [0.15, 0.2) is 24.3 Å². The lowest BCUT2D eigenvalue weighted by Crippen LogP contribution is -2.63. The number of piperazine rings is 1. The van der Waals surface area contributed by atoms with E-state index in [4.69, 9.17) is 4.74 Å². The molecule has 1 unspecified atom stereocenters. The number of benzene rings is 1. The van der Waals surface area contributed by atoms with Crippen molar-refractivity contribution in [3.05, 3.63) is 29.8 Å². The van der Waals surface area contributed by atoms with Gasteiger partial charge >= 0.3 is 0 Å². The van der Waals surface area contributed by atoms with Gasteiger partial charge in [-0.3, -0.25) is 9.80 Å². The molecule has 2 fully saturated rings. The smallest absolute Gasteiger partial charge is 0.124 e. The minimum atomic E-state index is 0.569. The Morgan fingerprint density at radius 3 is 2.70 bits per heavy atom. The molecule has 20 heavy (non-hydrogen) atoms. The molecule has 3 heterocycles. The third-order valence-electron chi connectivity index (χ3n) is 4.93. The molecule has 1 atom stereocenters. The van der Waals surface area contributed by atoms with Gasteiger partial charge in [-0.15, -0.1) is 0 Å². The van der Waals surface area contributed by atoms with Crippen LogP contribution in [0.2, 0.25) is 0 Å². The molecule has 108 valence electrons. The van der Waals surface area contributed by atoms with Gasteiger partial charge in [-0.05, 0) is 6.07 Å². The van der Waals surface area contributed by atoms with Gasteiger partial charge in [-0.25, -0.2) is 0 Å². The number of hydrogen-bond donors (Lipinski definition) is 1. The van der Waals surface area contributed by atoms with Gasteiger partial charge in [0.25, 0.3) is 0 Å². The first-order valence-electron chi connectivity index (χ1n) is 7.82. The van der Waals surface area contributed by atoms with Crippen LogP contribution >= 0.6 is 0 Å². The van der Waals surface area contributed by atoms with Crippen molar-refractivity contribution in [2.75, 3.05) is 45.9 Å². The molecule has 2 saturated heterocycles. The van der Waals surface area contributed by atoms with Crippen molar-refractivity contribution in [3.8, 4) is 5.75 Å². The highest BCUT2D eigenvalue weighted by Crippen LogP contribution is 2.38. The van der Waals surface area contributed by atoms with Gasteiger partial charge in [0.1, 0.15) is 5.75 Å². The molecule has 3 aliphatic heterocycles. The lowest BCUT2D eigenvalue weighted by atomic mass is 9.94. The predicted molar refractivity (Wildman–Crippen MR) is 79.1 cm³/mol. The summed E-state index contributed by atoms with van der Waals surface area (Å²) in [5.41, 5.74) is 1.39. The van der Waals surface area contributed by atoms with E-state index in [1.54, 1.807) is 0 Å². The van der Waals surface area contributed by atoms with Crippen LogP contribution in [0.25, 0.3) is 0 Å². The monoisotopic (exact) mass is 273 g/mol. The van der Waals surface area contributed by atoms with E-state index >= 15 is 0 Å². The van der Waals surface area contributed by atoms with E-state index in [9.17, 15) is 0 Å². The quantitative estimate of drug-likeness (QED) is 0.873. The first-order valence-corrected chi connectivity index (χ1v) is 7.82. The molecule has 4 rings (SSSR count). The zero-order valence-corrected chi connectivity index (χ0v) is 11.9. The number of nitrogens with one attached hydrogen (secondary N) is 1. The van der Waals surface area contributed by atoms with Crippen LogP contribution in [0.4, 0.5) is 0 Å². The van der Waals surface area contributed by atoms with Gasteiger partial charge in [0.15, 0.2) is 0 Å². The summed E-state index contributed by atoms with van der Waals surface area (Å²) in [6.07, 6.45) is 1.13. The summed E-state index contributed by atoms with van der Waals surface area (Å²) in [5, 5.41) is 3.43. The number of rotatable bonds is 2. The molecule has 1 aromatic rings. The maximum absolute atomic E-state index is 5.77. The van der Waals surface area contributed by atoms with Crippen molar-refractivity contribution in [1.29, 1.82) is 0 Å². The highest BCUT2D eigenvalue weighted by molar-refractivity contribution is 5.37. The van der Waals surface area contributed by atoms with E-state index in [2.05, 4.69) is 39.4 Å². The molecule has 0 aromatic heterocycles. The van der Waals surface area contributed by atoms with E-state index in [-0.39, 0.29) is 0 Å². The van der Waals surface area contributed by atoms with Crippen LogP contribution in [0.1, 0.15) is 18.0 Å². The summed E-state index contributed by atoms with van der Waals surface area (Å²) >= 11 is 0. The third-order valence-corrected chi connectivity index (χ3v) is 4.93. The molecule has 1 N–H and O–H groups in total. The zero-order chi connectivity index (χ0) is 13.4. The van der Waals surface area contributed by atoms with Crippen LogP contribution in [0, 0.1) is 0 Å². The van der Waals surface area contributed by atoms with E-state index in [0.29, 0.717) is 6.04 Å². The maximum Gasteiger partial charge on any atom is 0.124 e. The van der Waals surface area contributed by atoms with Crippen molar-refractivity contribution >= 4 is 0 Å². The Morgan fingerprint density at radius 2 is 1.85 bits per heavy atom. The van der Waals surface area contributed by atoms with E-state index in [0.717, 1.165) is 37.9 Å². The van der Waals surface area contributed by atoms with Crippen LogP contribution in [0.5, 0.6) is 5.75 Å². The fourth-order valence-corrected chi connectivity index (χ4v) is 3.72. The van der Waals surface area contributed by atoms with Crippen LogP contribution in [-0.2, 0) is 0 Å². The summed E-state index contributed by atoms with van der Waals surface area (Å²) in [7, 11) is 0. The minimum absolute atomic E-state index is 0.569. The molecule has 3 aliphatic rings. The third kappa shape index (κ3) is 2.22. The molecule has 0 aliphatic carbocycles. The van der Waals surface area contributed by atoms with Crippen molar-refractivity contribution in [1.82, 2.24) is 15.1 Å². The number of likely N-dealkylation sites (tertiary alicyclic amines) is 1. The number of fused-ring (bicyclic) bond motifs is 1. The lowest BCUT2D eigenvalue weighted by molar-refractivity contribution is -0.0116. The SMILES string of the molecule is c1ccc2c(c1)OCCC2N1CC(N2CCNCC2)C1. The van der Waals surface area contributed by atoms with Crippen molar-refractivity contribution in [2.24, 2.45) is 0 Å². The molecule has 0 radical (unpaired) electrons. The van der Waals surface area contributed by atoms with Gasteiger partial charge in [-0.2, -0.15) is 0 Å². The van der Waals surface area contributed by atoms with Crippen LogP contribution in [-0.4, -0.2) is 61.7 Å². The summed E-state index contributed by atoms with van der Waals surface area (Å²) in [6, 6.07) is 9.88.